The first kappa shape index (κ1) is 44.1. The average Bonchev–Trinajstić information content (AvgIpc) is 3.86. The molecule has 14 nitrogen and oxygen atoms in total. The number of carbonyl (C=O) groups is 5. The Morgan fingerprint density at radius 2 is 1.68 bits per heavy atom. The average molecular weight is 877 g/mol. The molecule has 15 heteroatoms. The third-order valence-electron chi connectivity index (χ3n) is 14.1. The molecule has 0 spiro atoms. The number of likely N-dealkylation sites (tertiary alicyclic amines) is 1. The Bertz CT molecular complexity index is 2320. The van der Waals surface area contributed by atoms with Gasteiger partial charge >= 0.3 is 0 Å². The summed E-state index contributed by atoms with van der Waals surface area (Å²) in [5, 5.41) is 15.2. The van der Waals surface area contributed by atoms with Crippen molar-refractivity contribution in [3.05, 3.63) is 93.5 Å². The number of ether oxygens (including phenoxy) is 1. The number of nitrogens with zero attached hydrogens (tertiary/aromatic N) is 6. The Balaban J connectivity index is 0.783. The number of anilines is 1. The highest BCUT2D eigenvalue weighted by Gasteiger charge is 2.64. The maximum absolute atomic E-state index is 13.8. The summed E-state index contributed by atoms with van der Waals surface area (Å²) in [6.07, 6.45) is 2.14. The second-order valence-corrected chi connectivity index (χ2v) is 19.4. The second-order valence-electron chi connectivity index (χ2n) is 19.0. The third kappa shape index (κ3) is 8.75. The fourth-order valence-corrected chi connectivity index (χ4v) is 11.0. The highest BCUT2D eigenvalue weighted by atomic mass is 35.5. The van der Waals surface area contributed by atoms with E-state index in [0.29, 0.717) is 53.5 Å². The topological polar surface area (TPSA) is 159 Å². The van der Waals surface area contributed by atoms with Gasteiger partial charge in [-0.3, -0.25) is 39.1 Å². The van der Waals surface area contributed by atoms with Crippen LogP contribution in [0.15, 0.2) is 60.7 Å². The van der Waals surface area contributed by atoms with E-state index in [9.17, 15) is 29.2 Å². The molecular weight excluding hydrogens is 820 g/mol. The van der Waals surface area contributed by atoms with Crippen molar-refractivity contribution in [1.82, 2.24) is 30.2 Å². The number of hydrogen-bond acceptors (Lipinski definition) is 10. The van der Waals surface area contributed by atoms with E-state index in [4.69, 9.17) is 16.3 Å². The second kappa shape index (κ2) is 17.6. The zero-order valence-electron chi connectivity index (χ0n) is 36.8. The molecule has 3 saturated heterocycles. The molecule has 1 saturated carbocycles. The van der Waals surface area contributed by atoms with Crippen LogP contribution in [0.5, 0.6) is 5.75 Å². The third-order valence-corrected chi connectivity index (χ3v) is 14.4. The SMILES string of the molecule is CN(CCN1CCN(c2ccc3c(c2)CN(C2CCC(=O)NC2=O)C3=O)CC1)C(=O)[C@H]1CCCN1Cc1ccc(C(=O)NC2C(C)(C)C(Oc3ccc(C#N)c(Cl)c3)C2(C)C)cc1. The van der Waals surface area contributed by atoms with Gasteiger partial charge in [0.1, 0.15) is 24.0 Å². The minimum atomic E-state index is -0.628. The molecule has 2 atom stereocenters. The van der Waals surface area contributed by atoms with Gasteiger partial charge in [-0.05, 0) is 79.4 Å². The predicted molar refractivity (Wildman–Crippen MR) is 238 cm³/mol. The molecule has 0 radical (unpaired) electrons. The zero-order valence-corrected chi connectivity index (χ0v) is 37.5. The van der Waals surface area contributed by atoms with Crippen LogP contribution in [0.2, 0.25) is 5.02 Å². The highest BCUT2D eigenvalue weighted by molar-refractivity contribution is 6.31. The molecule has 1 aliphatic carbocycles. The Labute approximate surface area is 374 Å². The van der Waals surface area contributed by atoms with Crippen LogP contribution in [-0.2, 0) is 27.5 Å². The largest absolute Gasteiger partial charge is 0.489 e. The van der Waals surface area contributed by atoms with Crippen molar-refractivity contribution in [2.24, 2.45) is 10.8 Å². The number of hydrogen-bond donors (Lipinski definition) is 2. The molecule has 3 aromatic rings. The summed E-state index contributed by atoms with van der Waals surface area (Å²) in [5.74, 6) is -0.292. The fourth-order valence-electron chi connectivity index (χ4n) is 10.7. The summed E-state index contributed by atoms with van der Waals surface area (Å²) < 4.78 is 6.39. The molecule has 3 aromatic carbocycles. The standard InChI is InChI=1S/C48H57ClN8O6/c1-47(2)45(48(3,4)46(47)63-35-14-12-32(27-50)37(49)26-35)52-41(59)31-10-8-30(9-11-31)28-56-18-6-7-39(56)44(62)53(5)19-20-54-21-23-55(24-22-54)34-13-15-36-33(25-34)29-57(43(36)61)38-16-17-40(58)51-42(38)60/h8-15,25-26,38-39,45-46H,6-7,16-24,28-29H2,1-5H3,(H,52,59)(H,51,58,60)/t38?,39-,45?,46?/m1/s1. The molecule has 0 bridgehead atoms. The van der Waals surface area contributed by atoms with E-state index in [1.165, 1.54) is 0 Å². The Kier molecular flexibility index (Phi) is 12.3. The summed E-state index contributed by atoms with van der Waals surface area (Å²) in [6, 6.07) is 19.7. The van der Waals surface area contributed by atoms with Gasteiger partial charge in [-0.15, -0.1) is 0 Å². The lowest BCUT2D eigenvalue weighted by Crippen LogP contribution is -2.74. The molecule has 63 heavy (non-hydrogen) atoms. The van der Waals surface area contributed by atoms with Gasteiger partial charge in [-0.1, -0.05) is 51.4 Å². The van der Waals surface area contributed by atoms with Gasteiger partial charge < -0.3 is 24.8 Å². The van der Waals surface area contributed by atoms with Crippen molar-refractivity contribution < 1.29 is 28.7 Å². The number of rotatable bonds is 12. The Morgan fingerprint density at radius 1 is 0.952 bits per heavy atom. The van der Waals surface area contributed by atoms with Gasteiger partial charge in [0.05, 0.1) is 16.6 Å². The van der Waals surface area contributed by atoms with Crippen molar-refractivity contribution in [3.63, 3.8) is 0 Å². The summed E-state index contributed by atoms with van der Waals surface area (Å²) in [6.45, 7) is 14.9. The predicted octanol–water partition coefficient (Wildman–Crippen LogP) is 4.83. The fraction of sp³-hybridized carbons (Fsp3) is 0.500. The monoisotopic (exact) mass is 876 g/mol. The molecule has 5 aliphatic rings. The number of piperazine rings is 1. The minimum absolute atomic E-state index is 0.136. The van der Waals surface area contributed by atoms with E-state index in [-0.39, 0.29) is 59.1 Å². The molecule has 8 rings (SSSR count). The lowest BCUT2D eigenvalue weighted by Gasteiger charge is -2.63. The van der Waals surface area contributed by atoms with Gasteiger partial charge in [-0.2, -0.15) is 5.26 Å². The minimum Gasteiger partial charge on any atom is -0.489 e. The first-order valence-electron chi connectivity index (χ1n) is 22.0. The molecule has 2 N–H and O–H groups in total. The van der Waals surface area contributed by atoms with Crippen molar-refractivity contribution in [2.75, 3.05) is 57.8 Å². The molecule has 5 amide bonds. The number of carbonyl (C=O) groups excluding carboxylic acids is 5. The van der Waals surface area contributed by atoms with Gasteiger partial charge in [0.15, 0.2) is 0 Å². The van der Waals surface area contributed by atoms with Gasteiger partial charge in [-0.25, -0.2) is 0 Å². The van der Waals surface area contributed by atoms with E-state index in [0.717, 1.165) is 68.9 Å². The molecule has 4 heterocycles. The quantitative estimate of drug-likeness (QED) is 0.242. The molecular formula is C48H57ClN8O6. The van der Waals surface area contributed by atoms with Crippen molar-refractivity contribution in [1.29, 1.82) is 5.26 Å². The summed E-state index contributed by atoms with van der Waals surface area (Å²) >= 11 is 6.26. The molecule has 1 unspecified atom stereocenters. The zero-order chi connectivity index (χ0) is 44.8. The van der Waals surface area contributed by atoms with Crippen LogP contribution in [0.4, 0.5) is 5.69 Å². The van der Waals surface area contributed by atoms with Gasteiger partial charge in [0.25, 0.3) is 11.8 Å². The number of likely N-dealkylation sites (N-methyl/N-ethyl adjacent to an activating group) is 1. The summed E-state index contributed by atoms with van der Waals surface area (Å²) in [5.41, 5.74) is 3.83. The van der Waals surface area contributed by atoms with E-state index in [1.807, 2.05) is 48.3 Å². The summed E-state index contributed by atoms with van der Waals surface area (Å²) in [4.78, 5) is 75.0. The van der Waals surface area contributed by atoms with Crippen LogP contribution in [-0.4, -0.2) is 126 Å². The van der Waals surface area contributed by atoms with Crippen LogP contribution in [0.25, 0.3) is 0 Å². The van der Waals surface area contributed by atoms with Gasteiger partial charge in [0.2, 0.25) is 17.7 Å². The van der Waals surface area contributed by atoms with E-state index < -0.39 is 11.9 Å². The van der Waals surface area contributed by atoms with Crippen LogP contribution in [0.1, 0.15) is 90.8 Å². The molecule has 4 fully saturated rings. The number of nitriles is 1. The number of fused-ring (bicyclic) bond motifs is 1. The van der Waals surface area contributed by atoms with Crippen LogP contribution < -0.4 is 20.3 Å². The van der Waals surface area contributed by atoms with Crippen LogP contribution >= 0.6 is 11.6 Å². The number of piperidine rings is 1. The Hall–Kier alpha value is -5.49. The van der Waals surface area contributed by atoms with Gasteiger partial charge in [0, 0.05) is 106 Å². The van der Waals surface area contributed by atoms with Crippen molar-refractivity contribution in [3.8, 4) is 11.8 Å². The lowest BCUT2D eigenvalue weighted by molar-refractivity contribution is -0.164. The van der Waals surface area contributed by atoms with Crippen LogP contribution in [0, 0.1) is 22.2 Å². The van der Waals surface area contributed by atoms with E-state index >= 15 is 0 Å². The number of nitrogens with one attached hydrogen (secondary N) is 2. The Morgan fingerprint density at radius 3 is 2.37 bits per heavy atom. The smallest absolute Gasteiger partial charge is 0.255 e. The lowest BCUT2D eigenvalue weighted by atomic mass is 9.49. The number of imide groups is 1. The molecule has 0 aromatic heterocycles. The number of benzene rings is 3. The van der Waals surface area contributed by atoms with Crippen molar-refractivity contribution >= 4 is 46.8 Å². The van der Waals surface area contributed by atoms with E-state index in [1.54, 1.807) is 23.1 Å². The first-order valence-corrected chi connectivity index (χ1v) is 22.4. The number of halogens is 1. The maximum atomic E-state index is 13.8. The molecule has 332 valence electrons. The molecule has 4 aliphatic heterocycles. The van der Waals surface area contributed by atoms with E-state index in [2.05, 4.69) is 65.2 Å². The summed E-state index contributed by atoms with van der Waals surface area (Å²) in [7, 11) is 1.90. The maximum Gasteiger partial charge on any atom is 0.255 e. The van der Waals surface area contributed by atoms with Crippen LogP contribution in [0.3, 0.4) is 0 Å². The normalized spacial score (nSPS) is 24.3. The number of amides is 5. The first-order chi connectivity index (χ1) is 30.0. The van der Waals surface area contributed by atoms with Crippen molar-refractivity contribution in [2.45, 2.75) is 90.7 Å². The highest BCUT2D eigenvalue weighted by Crippen LogP contribution is 2.55.